The van der Waals surface area contributed by atoms with Gasteiger partial charge in [-0.2, -0.15) is 0 Å². The number of hydrogen-bond donors (Lipinski definition) is 1. The molecular formula is C15H19FN2. The van der Waals surface area contributed by atoms with Gasteiger partial charge in [0.25, 0.3) is 0 Å². The standard InChI is InChI=1S/C15H19FN2/c1-3-7-18-9-14-11(8-10(18)2)15-12(16)5-4-6-13(15)17-14/h4-6,10,17H,3,7-9H2,1-2H3/t10-/m1/s1. The summed E-state index contributed by atoms with van der Waals surface area (Å²) in [5.74, 6) is -0.0962. The van der Waals surface area contributed by atoms with Crippen LogP contribution in [0.2, 0.25) is 0 Å². The lowest BCUT2D eigenvalue weighted by Gasteiger charge is -2.33. The summed E-state index contributed by atoms with van der Waals surface area (Å²) in [5.41, 5.74) is 3.31. The third kappa shape index (κ3) is 1.74. The van der Waals surface area contributed by atoms with Crippen molar-refractivity contribution in [2.45, 2.75) is 39.3 Å². The van der Waals surface area contributed by atoms with Gasteiger partial charge >= 0.3 is 0 Å². The van der Waals surface area contributed by atoms with Crippen LogP contribution in [0, 0.1) is 5.82 Å². The SMILES string of the molecule is CCCN1Cc2[nH]c3cccc(F)c3c2C[C@H]1C. The van der Waals surface area contributed by atoms with Crippen LogP contribution in [-0.2, 0) is 13.0 Å². The molecule has 18 heavy (non-hydrogen) atoms. The third-order valence-electron chi connectivity index (χ3n) is 3.96. The maximum atomic E-state index is 13.9. The Labute approximate surface area is 107 Å². The summed E-state index contributed by atoms with van der Waals surface area (Å²) in [4.78, 5) is 5.85. The van der Waals surface area contributed by atoms with Gasteiger partial charge in [-0.1, -0.05) is 13.0 Å². The number of halogens is 1. The Morgan fingerprint density at radius 1 is 1.44 bits per heavy atom. The van der Waals surface area contributed by atoms with Crippen LogP contribution in [0.4, 0.5) is 4.39 Å². The normalized spacial score (nSPS) is 20.3. The Morgan fingerprint density at radius 3 is 3.06 bits per heavy atom. The highest BCUT2D eigenvalue weighted by atomic mass is 19.1. The molecule has 1 aliphatic heterocycles. The Kier molecular flexibility index (Phi) is 2.86. The van der Waals surface area contributed by atoms with Gasteiger partial charge in [0.15, 0.2) is 0 Å². The molecule has 0 aliphatic carbocycles. The number of hydrogen-bond acceptors (Lipinski definition) is 1. The third-order valence-corrected chi connectivity index (χ3v) is 3.96. The zero-order valence-electron chi connectivity index (χ0n) is 11.0. The number of fused-ring (bicyclic) bond motifs is 3. The largest absolute Gasteiger partial charge is 0.357 e. The van der Waals surface area contributed by atoms with Gasteiger partial charge < -0.3 is 4.98 Å². The van der Waals surface area contributed by atoms with Gasteiger partial charge in [0.2, 0.25) is 0 Å². The van der Waals surface area contributed by atoms with Gasteiger partial charge in [-0.15, -0.1) is 0 Å². The number of aromatic amines is 1. The fourth-order valence-electron chi connectivity index (χ4n) is 3.05. The van der Waals surface area contributed by atoms with Gasteiger partial charge in [0.05, 0.1) is 0 Å². The molecule has 0 saturated carbocycles. The van der Waals surface area contributed by atoms with Crippen LogP contribution in [0.3, 0.4) is 0 Å². The van der Waals surface area contributed by atoms with Crippen molar-refractivity contribution in [3.63, 3.8) is 0 Å². The first-order chi connectivity index (χ1) is 8.70. The lowest BCUT2D eigenvalue weighted by atomic mass is 9.97. The lowest BCUT2D eigenvalue weighted by Crippen LogP contribution is -2.38. The summed E-state index contributed by atoms with van der Waals surface area (Å²) in [6.45, 7) is 6.46. The Bertz CT molecular complexity index is 573. The quantitative estimate of drug-likeness (QED) is 0.859. The van der Waals surface area contributed by atoms with Gasteiger partial charge in [-0.05, 0) is 44.0 Å². The maximum absolute atomic E-state index is 13.9. The predicted molar refractivity (Wildman–Crippen MR) is 72.1 cm³/mol. The maximum Gasteiger partial charge on any atom is 0.132 e. The summed E-state index contributed by atoms with van der Waals surface area (Å²) in [7, 11) is 0. The van der Waals surface area contributed by atoms with Gasteiger partial charge in [-0.25, -0.2) is 4.39 Å². The smallest absolute Gasteiger partial charge is 0.132 e. The predicted octanol–water partition coefficient (Wildman–Crippen LogP) is 3.46. The minimum atomic E-state index is -0.0962. The first-order valence-corrected chi connectivity index (χ1v) is 6.72. The van der Waals surface area contributed by atoms with Crippen molar-refractivity contribution in [2.75, 3.05) is 6.54 Å². The fourth-order valence-corrected chi connectivity index (χ4v) is 3.05. The zero-order chi connectivity index (χ0) is 12.7. The molecule has 0 saturated heterocycles. The van der Waals surface area contributed by atoms with Crippen molar-refractivity contribution < 1.29 is 4.39 Å². The van der Waals surface area contributed by atoms with E-state index in [0.29, 0.717) is 6.04 Å². The first-order valence-electron chi connectivity index (χ1n) is 6.72. The number of aromatic nitrogens is 1. The molecule has 3 heteroatoms. The highest BCUT2D eigenvalue weighted by molar-refractivity contribution is 5.85. The molecule has 1 aromatic heterocycles. The number of H-pyrrole nitrogens is 1. The van der Waals surface area contributed by atoms with E-state index in [-0.39, 0.29) is 5.82 Å². The summed E-state index contributed by atoms with van der Waals surface area (Å²) >= 11 is 0. The van der Waals surface area contributed by atoms with Crippen LogP contribution in [-0.4, -0.2) is 22.5 Å². The zero-order valence-corrected chi connectivity index (χ0v) is 11.0. The molecule has 2 aromatic rings. The van der Waals surface area contributed by atoms with E-state index in [2.05, 4.69) is 23.7 Å². The van der Waals surface area contributed by atoms with E-state index in [9.17, 15) is 4.39 Å². The van der Waals surface area contributed by atoms with Crippen LogP contribution in [0.1, 0.15) is 31.5 Å². The van der Waals surface area contributed by atoms with Crippen molar-refractivity contribution in [1.29, 1.82) is 0 Å². The molecule has 96 valence electrons. The second-order valence-corrected chi connectivity index (χ2v) is 5.27. The summed E-state index contributed by atoms with van der Waals surface area (Å²) < 4.78 is 13.9. The molecule has 1 N–H and O–H groups in total. The van der Waals surface area contributed by atoms with Crippen molar-refractivity contribution in [3.8, 4) is 0 Å². The van der Waals surface area contributed by atoms with Crippen LogP contribution < -0.4 is 0 Å². The van der Waals surface area contributed by atoms with Gasteiger partial charge in [0.1, 0.15) is 5.82 Å². The average molecular weight is 246 g/mol. The molecule has 0 amide bonds. The molecule has 0 radical (unpaired) electrons. The van der Waals surface area contributed by atoms with Crippen LogP contribution in [0.5, 0.6) is 0 Å². The average Bonchev–Trinajstić information content (AvgIpc) is 2.69. The van der Waals surface area contributed by atoms with Gasteiger partial charge in [0, 0.05) is 29.2 Å². The summed E-state index contributed by atoms with van der Waals surface area (Å²) in [5, 5.41) is 0.801. The second-order valence-electron chi connectivity index (χ2n) is 5.27. The Morgan fingerprint density at radius 2 is 2.28 bits per heavy atom. The van der Waals surface area contributed by atoms with Crippen LogP contribution >= 0.6 is 0 Å². The molecule has 2 nitrogen and oxygen atoms in total. The van der Waals surface area contributed by atoms with E-state index in [0.717, 1.165) is 36.8 Å². The molecule has 1 aliphatic rings. The molecule has 0 unspecified atom stereocenters. The Balaban J connectivity index is 2.08. The van der Waals surface area contributed by atoms with E-state index < -0.39 is 0 Å². The lowest BCUT2D eigenvalue weighted by molar-refractivity contribution is 0.183. The van der Waals surface area contributed by atoms with Crippen LogP contribution in [0.25, 0.3) is 10.9 Å². The molecule has 3 rings (SSSR count). The first kappa shape index (κ1) is 11.7. The summed E-state index contributed by atoms with van der Waals surface area (Å²) in [6.07, 6.45) is 2.10. The molecule has 0 spiro atoms. The van der Waals surface area contributed by atoms with E-state index >= 15 is 0 Å². The van der Waals surface area contributed by atoms with E-state index in [1.54, 1.807) is 12.1 Å². The molecule has 0 fully saturated rings. The van der Waals surface area contributed by atoms with Crippen LogP contribution in [0.15, 0.2) is 18.2 Å². The molecule has 2 heterocycles. The van der Waals surface area contributed by atoms with Gasteiger partial charge in [-0.3, -0.25) is 4.90 Å². The molecular weight excluding hydrogens is 227 g/mol. The Hall–Kier alpha value is -1.35. The number of nitrogens with one attached hydrogen (secondary N) is 1. The number of nitrogens with zero attached hydrogens (tertiary/aromatic N) is 1. The monoisotopic (exact) mass is 246 g/mol. The molecule has 1 atom stereocenters. The van der Waals surface area contributed by atoms with E-state index in [1.165, 1.54) is 11.3 Å². The van der Waals surface area contributed by atoms with Crippen molar-refractivity contribution in [3.05, 3.63) is 35.3 Å². The minimum Gasteiger partial charge on any atom is -0.357 e. The summed E-state index contributed by atoms with van der Waals surface area (Å²) in [6, 6.07) is 5.79. The fraction of sp³-hybridized carbons (Fsp3) is 0.467. The highest BCUT2D eigenvalue weighted by Gasteiger charge is 2.26. The van der Waals surface area contributed by atoms with E-state index in [1.807, 2.05) is 6.07 Å². The number of rotatable bonds is 2. The second kappa shape index (κ2) is 4.39. The minimum absolute atomic E-state index is 0.0962. The highest BCUT2D eigenvalue weighted by Crippen LogP contribution is 2.31. The molecule has 1 aromatic carbocycles. The van der Waals surface area contributed by atoms with Crippen molar-refractivity contribution >= 4 is 10.9 Å². The van der Waals surface area contributed by atoms with E-state index in [4.69, 9.17) is 0 Å². The van der Waals surface area contributed by atoms with Crippen molar-refractivity contribution in [1.82, 2.24) is 9.88 Å². The molecule has 0 bridgehead atoms. The number of benzene rings is 1. The topological polar surface area (TPSA) is 19.0 Å². The van der Waals surface area contributed by atoms with Crippen molar-refractivity contribution in [2.24, 2.45) is 0 Å².